The smallest absolute Gasteiger partial charge is 0.272 e. The number of para-hydroxylation sites is 2. The van der Waals surface area contributed by atoms with Gasteiger partial charge in [-0.15, -0.1) is 10.2 Å². The van der Waals surface area contributed by atoms with Crippen LogP contribution in [0.1, 0.15) is 17.5 Å². The van der Waals surface area contributed by atoms with E-state index in [4.69, 9.17) is 0 Å². The molecule has 32 heavy (non-hydrogen) atoms. The number of aryl methyl sites for hydroxylation is 1. The SMILES string of the molecule is CC(=O)N1C(=O)/C(=C2\S/C(=N/c3nnc(C)s3)N(c3ccccc3)C2=O)c2ccccc21. The van der Waals surface area contributed by atoms with Crippen LogP contribution >= 0.6 is 23.1 Å². The highest BCUT2D eigenvalue weighted by atomic mass is 32.2. The van der Waals surface area contributed by atoms with E-state index >= 15 is 0 Å². The maximum Gasteiger partial charge on any atom is 0.272 e. The van der Waals surface area contributed by atoms with Crippen molar-refractivity contribution in [2.75, 3.05) is 9.80 Å². The fourth-order valence-corrected chi connectivity index (χ4v) is 5.26. The Kier molecular flexibility index (Phi) is 4.95. The number of benzene rings is 2. The zero-order valence-electron chi connectivity index (χ0n) is 17.0. The molecule has 8 nitrogen and oxygen atoms in total. The lowest BCUT2D eigenvalue weighted by atomic mass is 10.1. The number of carbonyl (C=O) groups is 3. The van der Waals surface area contributed by atoms with E-state index in [1.165, 1.54) is 23.2 Å². The van der Waals surface area contributed by atoms with Crippen LogP contribution in [0.15, 0.2) is 64.5 Å². The molecule has 1 aromatic heterocycles. The lowest BCUT2D eigenvalue weighted by molar-refractivity contribution is -0.122. The van der Waals surface area contributed by atoms with Gasteiger partial charge in [0, 0.05) is 12.5 Å². The Morgan fingerprint density at radius 3 is 2.38 bits per heavy atom. The van der Waals surface area contributed by atoms with Crippen molar-refractivity contribution in [3.05, 3.63) is 70.1 Å². The van der Waals surface area contributed by atoms with E-state index in [-0.39, 0.29) is 16.4 Å². The number of carbonyl (C=O) groups excluding carboxylic acids is 3. The lowest BCUT2D eigenvalue weighted by Gasteiger charge is -2.15. The molecule has 1 fully saturated rings. The van der Waals surface area contributed by atoms with Gasteiger partial charge in [-0.3, -0.25) is 19.3 Å². The molecule has 0 radical (unpaired) electrons. The molecule has 0 spiro atoms. The maximum atomic E-state index is 13.6. The number of amidine groups is 1. The summed E-state index contributed by atoms with van der Waals surface area (Å²) in [5.41, 5.74) is 1.83. The molecular weight excluding hydrogens is 446 g/mol. The third-order valence-electron chi connectivity index (χ3n) is 4.88. The number of aliphatic imine (C=N–C) groups is 1. The first-order chi connectivity index (χ1) is 15.5. The summed E-state index contributed by atoms with van der Waals surface area (Å²) >= 11 is 2.39. The van der Waals surface area contributed by atoms with Crippen LogP contribution in [0.3, 0.4) is 0 Å². The lowest BCUT2D eigenvalue weighted by Crippen LogP contribution is -2.32. The van der Waals surface area contributed by atoms with Gasteiger partial charge in [-0.1, -0.05) is 47.7 Å². The summed E-state index contributed by atoms with van der Waals surface area (Å²) in [5, 5.41) is 9.54. The molecule has 5 rings (SSSR count). The van der Waals surface area contributed by atoms with Crippen molar-refractivity contribution in [3.8, 4) is 0 Å². The van der Waals surface area contributed by atoms with Gasteiger partial charge < -0.3 is 0 Å². The molecule has 2 aromatic carbocycles. The molecule has 0 bridgehead atoms. The van der Waals surface area contributed by atoms with E-state index in [1.807, 2.05) is 25.1 Å². The van der Waals surface area contributed by atoms with Crippen molar-refractivity contribution in [2.45, 2.75) is 13.8 Å². The monoisotopic (exact) mass is 461 g/mol. The predicted octanol–water partition coefficient (Wildman–Crippen LogP) is 3.92. The zero-order valence-corrected chi connectivity index (χ0v) is 18.6. The van der Waals surface area contributed by atoms with Gasteiger partial charge in [-0.25, -0.2) is 4.90 Å². The van der Waals surface area contributed by atoms with E-state index in [1.54, 1.807) is 36.4 Å². The van der Waals surface area contributed by atoms with Gasteiger partial charge in [0.25, 0.3) is 11.8 Å². The summed E-state index contributed by atoms with van der Waals surface area (Å²) in [7, 11) is 0. The minimum absolute atomic E-state index is 0.199. The Morgan fingerprint density at radius 1 is 0.969 bits per heavy atom. The first-order valence-corrected chi connectivity index (χ1v) is 11.2. The van der Waals surface area contributed by atoms with Crippen LogP contribution in [-0.2, 0) is 14.4 Å². The Morgan fingerprint density at radius 2 is 1.69 bits per heavy atom. The number of fused-ring (bicyclic) bond motifs is 1. The van der Waals surface area contributed by atoms with Crippen LogP contribution in [0.2, 0.25) is 0 Å². The minimum atomic E-state index is -0.518. The number of hydrogen-bond donors (Lipinski definition) is 0. The van der Waals surface area contributed by atoms with E-state index < -0.39 is 11.8 Å². The minimum Gasteiger partial charge on any atom is -0.274 e. The number of rotatable bonds is 2. The van der Waals surface area contributed by atoms with Gasteiger partial charge >= 0.3 is 0 Å². The highest BCUT2D eigenvalue weighted by Crippen LogP contribution is 2.46. The van der Waals surface area contributed by atoms with Crippen LogP contribution in [0.4, 0.5) is 16.5 Å². The van der Waals surface area contributed by atoms with Gasteiger partial charge in [-0.05, 0) is 36.9 Å². The molecule has 0 aliphatic carbocycles. The molecule has 3 heterocycles. The van der Waals surface area contributed by atoms with Crippen LogP contribution in [0.5, 0.6) is 0 Å². The number of anilines is 2. The molecule has 1 saturated heterocycles. The van der Waals surface area contributed by atoms with Crippen molar-refractivity contribution < 1.29 is 14.4 Å². The van der Waals surface area contributed by atoms with Gasteiger partial charge in [-0.2, -0.15) is 4.99 Å². The van der Waals surface area contributed by atoms with Crippen LogP contribution < -0.4 is 9.80 Å². The molecule has 3 amide bonds. The van der Waals surface area contributed by atoms with Crippen molar-refractivity contribution >= 4 is 68.1 Å². The van der Waals surface area contributed by atoms with Gasteiger partial charge in [0.15, 0.2) is 5.17 Å². The maximum absolute atomic E-state index is 13.6. The van der Waals surface area contributed by atoms with Crippen LogP contribution in [-0.4, -0.2) is 33.1 Å². The number of imide groups is 1. The van der Waals surface area contributed by atoms with E-state index in [9.17, 15) is 14.4 Å². The standard InChI is InChI=1S/C22H15N5O3S2/c1-12-24-25-21(31-12)23-22-27(14-8-4-3-5-9-14)20(30)18(32-22)17-15-10-6-7-11-16(15)26(13(2)28)19(17)29/h3-11H,1-2H3/b18-17-,23-22+. The summed E-state index contributed by atoms with van der Waals surface area (Å²) in [6.45, 7) is 3.15. The molecule has 158 valence electrons. The summed E-state index contributed by atoms with van der Waals surface area (Å²) in [6, 6.07) is 16.0. The molecule has 2 aliphatic heterocycles. The van der Waals surface area contributed by atoms with Crippen molar-refractivity contribution in [1.82, 2.24) is 10.2 Å². The Labute approximate surface area is 191 Å². The molecule has 0 saturated carbocycles. The fraction of sp³-hybridized carbons (Fsp3) is 0.0909. The third kappa shape index (κ3) is 3.24. The van der Waals surface area contributed by atoms with E-state index in [0.717, 1.165) is 21.7 Å². The first-order valence-electron chi connectivity index (χ1n) is 9.60. The highest BCUT2D eigenvalue weighted by Gasteiger charge is 2.44. The largest absolute Gasteiger partial charge is 0.274 e. The summed E-state index contributed by atoms with van der Waals surface area (Å²) in [4.78, 5) is 46.4. The Bertz CT molecular complexity index is 1350. The molecule has 0 unspecified atom stereocenters. The van der Waals surface area contributed by atoms with Gasteiger partial charge in [0.2, 0.25) is 11.0 Å². The third-order valence-corrected chi connectivity index (χ3v) is 6.65. The number of thioether (sulfide) groups is 1. The first kappa shape index (κ1) is 20.3. The van der Waals surface area contributed by atoms with Crippen LogP contribution in [0, 0.1) is 6.92 Å². The zero-order chi connectivity index (χ0) is 22.4. The van der Waals surface area contributed by atoms with Crippen molar-refractivity contribution in [2.24, 2.45) is 4.99 Å². The summed E-state index contributed by atoms with van der Waals surface area (Å²) in [6.07, 6.45) is 0. The topological polar surface area (TPSA) is 95.8 Å². The average Bonchev–Trinajstić information content (AvgIpc) is 3.41. The Hall–Kier alpha value is -3.63. The normalized spacial score (nSPS) is 19.2. The van der Waals surface area contributed by atoms with Gasteiger partial charge in [0.1, 0.15) is 5.01 Å². The molecular formula is C22H15N5O3S2. The number of amides is 3. The summed E-state index contributed by atoms with van der Waals surface area (Å²) < 4.78 is 0. The van der Waals surface area contributed by atoms with E-state index in [2.05, 4.69) is 15.2 Å². The highest BCUT2D eigenvalue weighted by molar-refractivity contribution is 8.19. The predicted molar refractivity (Wildman–Crippen MR) is 125 cm³/mol. The quantitative estimate of drug-likeness (QED) is 0.537. The molecule has 3 aromatic rings. The average molecular weight is 462 g/mol. The fourth-order valence-electron chi connectivity index (χ4n) is 3.57. The second-order valence-electron chi connectivity index (χ2n) is 6.96. The molecule has 0 N–H and O–H groups in total. The van der Waals surface area contributed by atoms with Crippen LogP contribution in [0.25, 0.3) is 5.57 Å². The number of nitrogens with zero attached hydrogens (tertiary/aromatic N) is 5. The Balaban J connectivity index is 1.70. The number of hydrogen-bond acceptors (Lipinski definition) is 8. The van der Waals surface area contributed by atoms with Crippen molar-refractivity contribution in [1.29, 1.82) is 0 Å². The molecule has 2 aliphatic rings. The molecule has 0 atom stereocenters. The summed E-state index contributed by atoms with van der Waals surface area (Å²) in [5.74, 6) is -1.31. The second kappa shape index (κ2) is 7.81. The van der Waals surface area contributed by atoms with E-state index in [0.29, 0.717) is 27.2 Å². The molecule has 10 heteroatoms. The van der Waals surface area contributed by atoms with Gasteiger partial charge in [0.05, 0.1) is 21.9 Å². The van der Waals surface area contributed by atoms with Crippen molar-refractivity contribution in [3.63, 3.8) is 0 Å². The number of aromatic nitrogens is 2. The second-order valence-corrected chi connectivity index (χ2v) is 9.09.